The Kier molecular flexibility index (Phi) is 4.10. The number of ether oxygens (including phenoxy) is 1. The number of methoxy groups -OCH3 is 1. The summed E-state index contributed by atoms with van der Waals surface area (Å²) in [5.41, 5.74) is -0.0222. The number of nitrogens with one attached hydrogen (secondary N) is 1. The number of carbonyl (C=O) groups is 1. The molecule has 3 nitrogen and oxygen atoms in total. The highest BCUT2D eigenvalue weighted by molar-refractivity contribution is 5.94. The van der Waals surface area contributed by atoms with Crippen molar-refractivity contribution in [3.05, 3.63) is 24.0 Å². The molecule has 1 N–H and O–H groups in total. The van der Waals surface area contributed by atoms with Gasteiger partial charge in [0.1, 0.15) is 0 Å². The van der Waals surface area contributed by atoms with Gasteiger partial charge in [-0.15, -0.1) is 0 Å². The van der Waals surface area contributed by atoms with Gasteiger partial charge in [0.05, 0.1) is 7.11 Å². The van der Waals surface area contributed by atoms with Crippen LogP contribution in [0.4, 0.5) is 10.1 Å². The van der Waals surface area contributed by atoms with Gasteiger partial charge in [-0.3, -0.25) is 4.79 Å². The molecule has 1 aromatic carbocycles. The Bertz CT molecular complexity index is 416. The molecule has 1 rings (SSSR count). The SMILES string of the molecule is CCC(C)(C)C(=O)Nc1ccc(OC)c(F)c1. The summed E-state index contributed by atoms with van der Waals surface area (Å²) in [6, 6.07) is 4.36. The Morgan fingerprint density at radius 3 is 2.59 bits per heavy atom. The van der Waals surface area contributed by atoms with Crippen LogP contribution in [0.2, 0.25) is 0 Å². The average Bonchev–Trinajstić information content (AvgIpc) is 2.29. The van der Waals surface area contributed by atoms with E-state index in [0.717, 1.165) is 6.42 Å². The second-order valence-corrected chi connectivity index (χ2v) is 4.54. The summed E-state index contributed by atoms with van der Waals surface area (Å²) in [7, 11) is 1.40. The number of carbonyl (C=O) groups excluding carboxylic acids is 1. The first-order valence-electron chi connectivity index (χ1n) is 5.55. The van der Waals surface area contributed by atoms with Gasteiger partial charge in [-0.1, -0.05) is 20.8 Å². The number of rotatable bonds is 4. The molecule has 0 bridgehead atoms. The summed E-state index contributed by atoms with van der Waals surface area (Å²) in [5, 5.41) is 2.69. The Labute approximate surface area is 101 Å². The van der Waals surface area contributed by atoms with Crippen molar-refractivity contribution in [3.8, 4) is 5.75 Å². The molecule has 0 heterocycles. The molecule has 0 unspecified atom stereocenters. The minimum atomic E-state index is -0.486. The zero-order valence-corrected chi connectivity index (χ0v) is 10.6. The molecular weight excluding hydrogens is 221 g/mol. The molecule has 0 radical (unpaired) electrons. The fourth-order valence-electron chi connectivity index (χ4n) is 1.20. The molecule has 0 aliphatic rings. The summed E-state index contributed by atoms with van der Waals surface area (Å²) in [4.78, 5) is 11.9. The van der Waals surface area contributed by atoms with Crippen LogP contribution >= 0.6 is 0 Å². The number of halogens is 1. The van der Waals surface area contributed by atoms with Crippen LogP contribution < -0.4 is 10.1 Å². The van der Waals surface area contributed by atoms with Crippen LogP contribution in [0.5, 0.6) is 5.75 Å². The molecule has 1 amide bonds. The average molecular weight is 239 g/mol. The molecule has 0 aliphatic carbocycles. The molecular formula is C13H18FNO2. The van der Waals surface area contributed by atoms with Crippen molar-refractivity contribution in [2.75, 3.05) is 12.4 Å². The van der Waals surface area contributed by atoms with Gasteiger partial charge in [-0.05, 0) is 18.6 Å². The number of hydrogen-bond acceptors (Lipinski definition) is 2. The molecule has 0 spiro atoms. The van der Waals surface area contributed by atoms with Crippen LogP contribution in [0, 0.1) is 11.2 Å². The molecule has 0 saturated heterocycles. The van der Waals surface area contributed by atoms with E-state index in [1.54, 1.807) is 6.07 Å². The van der Waals surface area contributed by atoms with Gasteiger partial charge in [0, 0.05) is 17.2 Å². The smallest absolute Gasteiger partial charge is 0.230 e. The van der Waals surface area contributed by atoms with Gasteiger partial charge in [0.25, 0.3) is 0 Å². The van der Waals surface area contributed by atoms with Gasteiger partial charge in [-0.25, -0.2) is 4.39 Å². The second kappa shape index (κ2) is 5.17. The molecule has 0 fully saturated rings. The Morgan fingerprint density at radius 2 is 2.12 bits per heavy atom. The summed E-state index contributed by atoms with van der Waals surface area (Å²) in [6.45, 7) is 5.64. The quantitative estimate of drug-likeness (QED) is 0.876. The van der Waals surface area contributed by atoms with E-state index in [4.69, 9.17) is 4.74 Å². The van der Waals surface area contributed by atoms with Gasteiger partial charge in [-0.2, -0.15) is 0 Å². The molecule has 0 aromatic heterocycles. The first-order valence-corrected chi connectivity index (χ1v) is 5.55. The largest absolute Gasteiger partial charge is 0.494 e. The normalized spacial score (nSPS) is 11.1. The van der Waals surface area contributed by atoms with Crippen molar-refractivity contribution < 1.29 is 13.9 Å². The summed E-state index contributed by atoms with van der Waals surface area (Å²) in [5.74, 6) is -0.443. The Morgan fingerprint density at radius 1 is 1.47 bits per heavy atom. The van der Waals surface area contributed by atoms with Crippen molar-refractivity contribution in [3.63, 3.8) is 0 Å². The van der Waals surface area contributed by atoms with E-state index in [9.17, 15) is 9.18 Å². The van der Waals surface area contributed by atoms with Crippen molar-refractivity contribution in [1.82, 2.24) is 0 Å². The van der Waals surface area contributed by atoms with Gasteiger partial charge in [0.15, 0.2) is 11.6 Å². The summed E-state index contributed by atoms with van der Waals surface area (Å²) in [6.07, 6.45) is 0.720. The number of benzene rings is 1. The summed E-state index contributed by atoms with van der Waals surface area (Å²) >= 11 is 0. The standard InChI is InChI=1S/C13H18FNO2/c1-5-13(2,3)12(16)15-9-6-7-11(17-4)10(14)8-9/h6-8H,5H2,1-4H3,(H,15,16). The van der Waals surface area contributed by atoms with Gasteiger partial charge in [0.2, 0.25) is 5.91 Å². The van der Waals surface area contributed by atoms with Crippen LogP contribution in [0.15, 0.2) is 18.2 Å². The molecule has 1 aromatic rings. The van der Waals surface area contributed by atoms with E-state index < -0.39 is 11.2 Å². The highest BCUT2D eigenvalue weighted by atomic mass is 19.1. The first kappa shape index (κ1) is 13.5. The number of hydrogen-bond donors (Lipinski definition) is 1. The minimum Gasteiger partial charge on any atom is -0.494 e. The Balaban J connectivity index is 2.83. The maximum Gasteiger partial charge on any atom is 0.230 e. The van der Waals surface area contributed by atoms with Crippen LogP contribution in [0.1, 0.15) is 27.2 Å². The first-order chi connectivity index (χ1) is 7.90. The van der Waals surface area contributed by atoms with Crippen LogP contribution in [0.25, 0.3) is 0 Å². The van der Waals surface area contributed by atoms with Crippen molar-refractivity contribution >= 4 is 11.6 Å². The van der Waals surface area contributed by atoms with E-state index in [-0.39, 0.29) is 11.7 Å². The van der Waals surface area contributed by atoms with Crippen molar-refractivity contribution in [2.24, 2.45) is 5.41 Å². The summed E-state index contributed by atoms with van der Waals surface area (Å²) < 4.78 is 18.2. The fraction of sp³-hybridized carbons (Fsp3) is 0.462. The molecule has 94 valence electrons. The topological polar surface area (TPSA) is 38.3 Å². The van der Waals surface area contributed by atoms with Crippen molar-refractivity contribution in [1.29, 1.82) is 0 Å². The lowest BCUT2D eigenvalue weighted by Crippen LogP contribution is -2.30. The lowest BCUT2D eigenvalue weighted by atomic mass is 9.89. The van der Waals surface area contributed by atoms with E-state index in [1.165, 1.54) is 19.2 Å². The van der Waals surface area contributed by atoms with Crippen LogP contribution in [0.3, 0.4) is 0 Å². The third-order valence-electron chi connectivity index (χ3n) is 2.91. The molecule has 4 heteroatoms. The van der Waals surface area contributed by atoms with Gasteiger partial charge < -0.3 is 10.1 Å². The van der Waals surface area contributed by atoms with E-state index in [1.807, 2.05) is 20.8 Å². The van der Waals surface area contributed by atoms with Crippen molar-refractivity contribution in [2.45, 2.75) is 27.2 Å². The highest BCUT2D eigenvalue weighted by Gasteiger charge is 2.25. The Hall–Kier alpha value is -1.58. The predicted molar refractivity (Wildman–Crippen MR) is 65.7 cm³/mol. The van der Waals surface area contributed by atoms with Crippen LogP contribution in [-0.2, 0) is 4.79 Å². The fourth-order valence-corrected chi connectivity index (χ4v) is 1.20. The highest BCUT2D eigenvalue weighted by Crippen LogP contribution is 2.24. The lowest BCUT2D eigenvalue weighted by Gasteiger charge is -2.21. The van der Waals surface area contributed by atoms with E-state index >= 15 is 0 Å². The molecule has 0 atom stereocenters. The maximum atomic E-state index is 13.4. The molecule has 0 aliphatic heterocycles. The lowest BCUT2D eigenvalue weighted by molar-refractivity contribution is -0.124. The maximum absolute atomic E-state index is 13.4. The number of anilines is 1. The number of amides is 1. The predicted octanol–water partition coefficient (Wildman–Crippen LogP) is 3.21. The van der Waals surface area contributed by atoms with E-state index in [2.05, 4.69) is 5.32 Å². The monoisotopic (exact) mass is 239 g/mol. The van der Waals surface area contributed by atoms with E-state index in [0.29, 0.717) is 5.69 Å². The third-order valence-corrected chi connectivity index (χ3v) is 2.91. The van der Waals surface area contributed by atoms with Gasteiger partial charge >= 0.3 is 0 Å². The molecule has 17 heavy (non-hydrogen) atoms. The third kappa shape index (κ3) is 3.19. The minimum absolute atomic E-state index is 0.121. The zero-order chi connectivity index (χ0) is 13.1. The zero-order valence-electron chi connectivity index (χ0n) is 10.6. The molecule has 0 saturated carbocycles. The van der Waals surface area contributed by atoms with Crippen LogP contribution in [-0.4, -0.2) is 13.0 Å². The second-order valence-electron chi connectivity index (χ2n) is 4.54.